The minimum atomic E-state index is -0.152. The van der Waals surface area contributed by atoms with E-state index in [1.165, 1.54) is 12.8 Å². The number of carbonyl (C=O) groups excluding carboxylic acids is 1. The SMILES string of the molecule is CCC(CCN(C)C1CCNCC1)C(N)=O. The molecule has 1 atom stereocenters. The van der Waals surface area contributed by atoms with Crippen LogP contribution in [0.2, 0.25) is 0 Å². The third-order valence-electron chi connectivity index (χ3n) is 3.66. The normalized spacial score (nSPS) is 19.9. The fraction of sp³-hybridized carbons (Fsp3) is 0.917. The van der Waals surface area contributed by atoms with Crippen LogP contribution in [0.5, 0.6) is 0 Å². The van der Waals surface area contributed by atoms with Crippen molar-refractivity contribution in [1.29, 1.82) is 0 Å². The number of hydrogen-bond acceptors (Lipinski definition) is 3. The van der Waals surface area contributed by atoms with E-state index in [0.29, 0.717) is 6.04 Å². The van der Waals surface area contributed by atoms with Crippen molar-refractivity contribution in [2.75, 3.05) is 26.7 Å². The topological polar surface area (TPSA) is 58.4 Å². The molecule has 94 valence electrons. The van der Waals surface area contributed by atoms with Crippen LogP contribution in [-0.4, -0.2) is 43.5 Å². The molecule has 0 aromatic rings. The maximum atomic E-state index is 11.1. The molecule has 1 rings (SSSR count). The van der Waals surface area contributed by atoms with Crippen molar-refractivity contribution in [2.24, 2.45) is 11.7 Å². The van der Waals surface area contributed by atoms with Crippen LogP contribution >= 0.6 is 0 Å². The first-order valence-corrected chi connectivity index (χ1v) is 6.35. The molecule has 0 spiro atoms. The van der Waals surface area contributed by atoms with Gasteiger partial charge in [0.25, 0.3) is 0 Å². The first kappa shape index (κ1) is 13.5. The third kappa shape index (κ3) is 4.10. The maximum Gasteiger partial charge on any atom is 0.220 e. The third-order valence-corrected chi connectivity index (χ3v) is 3.66. The molecule has 0 bridgehead atoms. The predicted molar refractivity (Wildman–Crippen MR) is 66.1 cm³/mol. The van der Waals surface area contributed by atoms with Crippen molar-refractivity contribution in [3.05, 3.63) is 0 Å². The van der Waals surface area contributed by atoms with E-state index in [1.54, 1.807) is 0 Å². The molecule has 4 nitrogen and oxygen atoms in total. The molecule has 1 saturated heterocycles. The van der Waals surface area contributed by atoms with E-state index in [0.717, 1.165) is 32.5 Å². The number of primary amides is 1. The quantitative estimate of drug-likeness (QED) is 0.697. The summed E-state index contributed by atoms with van der Waals surface area (Å²) in [6.07, 6.45) is 4.18. The lowest BCUT2D eigenvalue weighted by molar-refractivity contribution is -0.122. The Morgan fingerprint density at radius 3 is 2.62 bits per heavy atom. The van der Waals surface area contributed by atoms with Gasteiger partial charge in [-0.3, -0.25) is 4.79 Å². The van der Waals surface area contributed by atoms with Gasteiger partial charge < -0.3 is 16.0 Å². The Bertz CT molecular complexity index is 214. The molecule has 1 heterocycles. The van der Waals surface area contributed by atoms with Gasteiger partial charge in [0, 0.05) is 12.0 Å². The zero-order valence-corrected chi connectivity index (χ0v) is 10.5. The summed E-state index contributed by atoms with van der Waals surface area (Å²) in [5, 5.41) is 3.36. The fourth-order valence-corrected chi connectivity index (χ4v) is 2.34. The molecule has 1 unspecified atom stereocenters. The van der Waals surface area contributed by atoms with Crippen LogP contribution in [0.25, 0.3) is 0 Å². The first-order chi connectivity index (χ1) is 7.65. The highest BCUT2D eigenvalue weighted by atomic mass is 16.1. The van der Waals surface area contributed by atoms with Gasteiger partial charge in [0.2, 0.25) is 5.91 Å². The van der Waals surface area contributed by atoms with Crippen LogP contribution in [0, 0.1) is 5.92 Å². The average Bonchev–Trinajstić information content (AvgIpc) is 2.30. The van der Waals surface area contributed by atoms with E-state index < -0.39 is 0 Å². The van der Waals surface area contributed by atoms with Gasteiger partial charge in [0.15, 0.2) is 0 Å². The maximum absolute atomic E-state index is 11.1. The number of carbonyl (C=O) groups is 1. The van der Waals surface area contributed by atoms with Gasteiger partial charge in [-0.2, -0.15) is 0 Å². The second kappa shape index (κ2) is 6.86. The van der Waals surface area contributed by atoms with Crippen molar-refractivity contribution in [1.82, 2.24) is 10.2 Å². The number of nitrogens with zero attached hydrogens (tertiary/aromatic N) is 1. The lowest BCUT2D eigenvalue weighted by atomic mass is 10.00. The molecule has 0 radical (unpaired) electrons. The summed E-state index contributed by atoms with van der Waals surface area (Å²) in [6.45, 7) is 5.23. The van der Waals surface area contributed by atoms with Gasteiger partial charge >= 0.3 is 0 Å². The van der Waals surface area contributed by atoms with Crippen molar-refractivity contribution in [3.8, 4) is 0 Å². The first-order valence-electron chi connectivity index (χ1n) is 6.35. The molecule has 0 aliphatic carbocycles. The molecular formula is C12H25N3O. The summed E-state index contributed by atoms with van der Waals surface area (Å²) in [6, 6.07) is 0.673. The summed E-state index contributed by atoms with van der Waals surface area (Å²) in [4.78, 5) is 13.5. The molecule has 3 N–H and O–H groups in total. The minimum Gasteiger partial charge on any atom is -0.369 e. The van der Waals surface area contributed by atoms with Crippen LogP contribution in [0.15, 0.2) is 0 Å². The summed E-state index contributed by atoms with van der Waals surface area (Å²) in [5.74, 6) is -0.106. The van der Waals surface area contributed by atoms with Crippen LogP contribution in [0.4, 0.5) is 0 Å². The van der Waals surface area contributed by atoms with Gasteiger partial charge in [-0.1, -0.05) is 6.92 Å². The molecule has 4 heteroatoms. The van der Waals surface area contributed by atoms with Crippen molar-refractivity contribution >= 4 is 5.91 Å². The van der Waals surface area contributed by atoms with E-state index in [1.807, 2.05) is 6.92 Å². The second-order valence-electron chi connectivity index (χ2n) is 4.76. The van der Waals surface area contributed by atoms with E-state index in [9.17, 15) is 4.79 Å². The Morgan fingerprint density at radius 2 is 2.12 bits per heavy atom. The van der Waals surface area contributed by atoms with Crippen molar-refractivity contribution in [3.63, 3.8) is 0 Å². The Kier molecular flexibility index (Phi) is 5.77. The smallest absolute Gasteiger partial charge is 0.220 e. The Hall–Kier alpha value is -0.610. The van der Waals surface area contributed by atoms with E-state index in [4.69, 9.17) is 5.73 Å². The second-order valence-corrected chi connectivity index (χ2v) is 4.76. The van der Waals surface area contributed by atoms with Gasteiger partial charge in [0.05, 0.1) is 0 Å². The zero-order chi connectivity index (χ0) is 12.0. The van der Waals surface area contributed by atoms with E-state index in [2.05, 4.69) is 17.3 Å². The van der Waals surface area contributed by atoms with Crippen molar-refractivity contribution < 1.29 is 4.79 Å². The zero-order valence-electron chi connectivity index (χ0n) is 10.5. The van der Waals surface area contributed by atoms with E-state index in [-0.39, 0.29) is 11.8 Å². The standard InChI is InChI=1S/C12H25N3O/c1-3-10(12(13)16)6-9-15(2)11-4-7-14-8-5-11/h10-11,14H,3-9H2,1-2H3,(H2,13,16). The minimum absolute atomic E-state index is 0.0455. The Morgan fingerprint density at radius 1 is 1.50 bits per heavy atom. The number of piperidine rings is 1. The highest BCUT2D eigenvalue weighted by Crippen LogP contribution is 2.13. The lowest BCUT2D eigenvalue weighted by Gasteiger charge is -2.32. The number of nitrogens with one attached hydrogen (secondary N) is 1. The Labute approximate surface area is 98.6 Å². The highest BCUT2D eigenvalue weighted by molar-refractivity contribution is 5.76. The molecule has 1 amide bonds. The van der Waals surface area contributed by atoms with Gasteiger partial charge in [-0.15, -0.1) is 0 Å². The van der Waals surface area contributed by atoms with Crippen LogP contribution in [-0.2, 0) is 4.79 Å². The number of hydrogen-bond donors (Lipinski definition) is 2. The van der Waals surface area contributed by atoms with Gasteiger partial charge in [0.1, 0.15) is 0 Å². The molecule has 0 saturated carbocycles. The monoisotopic (exact) mass is 227 g/mol. The lowest BCUT2D eigenvalue weighted by Crippen LogP contribution is -2.42. The van der Waals surface area contributed by atoms with E-state index >= 15 is 0 Å². The molecular weight excluding hydrogens is 202 g/mol. The molecule has 0 aromatic carbocycles. The molecule has 1 aliphatic heterocycles. The molecule has 1 fully saturated rings. The van der Waals surface area contributed by atoms with Gasteiger partial charge in [-0.05, 0) is 52.4 Å². The summed E-state index contributed by atoms with van der Waals surface area (Å²) in [5.41, 5.74) is 5.34. The van der Waals surface area contributed by atoms with Crippen LogP contribution < -0.4 is 11.1 Å². The van der Waals surface area contributed by atoms with Crippen LogP contribution in [0.1, 0.15) is 32.6 Å². The summed E-state index contributed by atoms with van der Waals surface area (Å²) >= 11 is 0. The largest absolute Gasteiger partial charge is 0.369 e. The summed E-state index contributed by atoms with van der Waals surface area (Å²) in [7, 11) is 2.16. The van der Waals surface area contributed by atoms with Crippen molar-refractivity contribution in [2.45, 2.75) is 38.6 Å². The van der Waals surface area contributed by atoms with Gasteiger partial charge in [-0.25, -0.2) is 0 Å². The number of rotatable bonds is 6. The fourth-order valence-electron chi connectivity index (χ4n) is 2.34. The summed E-state index contributed by atoms with van der Waals surface area (Å²) < 4.78 is 0. The average molecular weight is 227 g/mol. The number of nitrogens with two attached hydrogens (primary N) is 1. The highest BCUT2D eigenvalue weighted by Gasteiger charge is 2.19. The number of amides is 1. The van der Waals surface area contributed by atoms with Crippen LogP contribution in [0.3, 0.4) is 0 Å². The Balaban J connectivity index is 2.27. The predicted octanol–water partition coefficient (Wildman–Crippen LogP) is 0.572. The molecule has 1 aliphatic rings. The molecule has 16 heavy (non-hydrogen) atoms. The molecule has 0 aromatic heterocycles.